The van der Waals surface area contributed by atoms with Gasteiger partial charge in [-0.25, -0.2) is 0 Å². The van der Waals surface area contributed by atoms with E-state index >= 15 is 0 Å². The Labute approximate surface area is 80.5 Å². The summed E-state index contributed by atoms with van der Waals surface area (Å²) < 4.78 is 12.4. The Morgan fingerprint density at radius 2 is 1.54 bits per heavy atom. The third kappa shape index (κ3) is 2.03. The van der Waals surface area contributed by atoms with Crippen molar-refractivity contribution in [3.63, 3.8) is 0 Å². The van der Waals surface area contributed by atoms with E-state index in [-0.39, 0.29) is 5.16 Å². The molecule has 72 valence electrons. The minimum absolute atomic E-state index is 0.144. The first kappa shape index (κ1) is 10.5. The van der Waals surface area contributed by atoms with Crippen LogP contribution in [-0.2, 0) is 4.57 Å². The van der Waals surface area contributed by atoms with Gasteiger partial charge in [-0.2, -0.15) is 0 Å². The predicted octanol–water partition coefficient (Wildman–Crippen LogP) is 3.10. The first-order valence-corrected chi connectivity index (χ1v) is 6.64. The smallest absolute Gasteiger partial charge is 0.117 e. The van der Waals surface area contributed by atoms with Crippen molar-refractivity contribution >= 4 is 12.4 Å². The third-order valence-electron chi connectivity index (χ3n) is 2.53. The zero-order valence-corrected chi connectivity index (χ0v) is 9.64. The maximum Gasteiger partial charge on any atom is 0.117 e. The van der Waals surface area contributed by atoms with Crippen molar-refractivity contribution in [2.45, 2.75) is 25.9 Å². The van der Waals surface area contributed by atoms with E-state index in [2.05, 4.69) is 0 Å². The molecule has 0 radical (unpaired) electrons. The van der Waals surface area contributed by atoms with Crippen molar-refractivity contribution in [2.24, 2.45) is 0 Å². The van der Waals surface area contributed by atoms with Gasteiger partial charge in [0, 0.05) is 10.5 Å². The van der Waals surface area contributed by atoms with E-state index in [0.29, 0.717) is 0 Å². The molecule has 1 nitrogen and oxygen atoms in total. The van der Waals surface area contributed by atoms with Crippen LogP contribution in [0.5, 0.6) is 0 Å². The van der Waals surface area contributed by atoms with Gasteiger partial charge in [0.2, 0.25) is 0 Å². The molecule has 0 heterocycles. The molecule has 0 bridgehead atoms. The van der Waals surface area contributed by atoms with Crippen LogP contribution in [0.4, 0.5) is 0 Å². The van der Waals surface area contributed by atoms with Gasteiger partial charge in [-0.1, -0.05) is 51.1 Å². The molecule has 13 heavy (non-hydrogen) atoms. The van der Waals surface area contributed by atoms with Crippen LogP contribution in [0.1, 0.15) is 20.8 Å². The number of hydrogen-bond donors (Lipinski definition) is 0. The Bertz CT molecular complexity index is 322. The summed E-state index contributed by atoms with van der Waals surface area (Å²) in [5.41, 5.74) is 0. The zero-order valence-electron chi connectivity index (χ0n) is 8.74. The molecule has 0 aliphatic carbocycles. The lowest BCUT2D eigenvalue weighted by atomic mass is 10.3. The van der Waals surface area contributed by atoms with Crippen molar-refractivity contribution < 1.29 is 4.57 Å². The van der Waals surface area contributed by atoms with Gasteiger partial charge >= 0.3 is 0 Å². The Morgan fingerprint density at radius 1 is 1.08 bits per heavy atom. The normalized spacial score (nSPS) is 16.6. The molecule has 0 aliphatic rings. The molecule has 0 unspecified atom stereocenters. The molecule has 1 aromatic rings. The summed E-state index contributed by atoms with van der Waals surface area (Å²) in [6, 6.07) is 9.73. The molecule has 0 fully saturated rings. The van der Waals surface area contributed by atoms with Crippen LogP contribution < -0.4 is 5.30 Å². The average molecular weight is 196 g/mol. The van der Waals surface area contributed by atoms with Crippen molar-refractivity contribution in [1.29, 1.82) is 0 Å². The first-order valence-electron chi connectivity index (χ1n) is 4.49. The van der Waals surface area contributed by atoms with E-state index in [4.69, 9.17) is 0 Å². The van der Waals surface area contributed by atoms with Crippen LogP contribution in [0, 0.1) is 0 Å². The summed E-state index contributed by atoms with van der Waals surface area (Å²) >= 11 is 0. The molecule has 0 amide bonds. The molecule has 0 aliphatic heterocycles. The first-order chi connectivity index (χ1) is 5.86. The molecule has 0 N–H and O–H groups in total. The Kier molecular flexibility index (Phi) is 2.68. The number of benzene rings is 1. The van der Waals surface area contributed by atoms with Crippen LogP contribution >= 0.6 is 7.14 Å². The maximum atomic E-state index is 12.4. The molecule has 0 saturated heterocycles. The molecular weight excluding hydrogens is 179 g/mol. The second-order valence-electron chi connectivity index (χ2n) is 4.43. The van der Waals surface area contributed by atoms with Gasteiger partial charge in [-0.15, -0.1) is 0 Å². The van der Waals surface area contributed by atoms with E-state index in [1.165, 1.54) is 0 Å². The quantitative estimate of drug-likeness (QED) is 0.631. The van der Waals surface area contributed by atoms with Gasteiger partial charge in [0.25, 0.3) is 0 Å². The highest BCUT2D eigenvalue weighted by Crippen LogP contribution is 2.52. The summed E-state index contributed by atoms with van der Waals surface area (Å²) in [5.74, 6) is 0. The van der Waals surface area contributed by atoms with E-state index < -0.39 is 7.14 Å². The molecule has 1 aromatic carbocycles. The Balaban J connectivity index is 3.17. The van der Waals surface area contributed by atoms with E-state index in [0.717, 1.165) is 5.30 Å². The van der Waals surface area contributed by atoms with Crippen molar-refractivity contribution in [2.75, 3.05) is 6.66 Å². The molecule has 0 aromatic heterocycles. The SMILES string of the molecule is CC(C)(C)[P@](C)(=O)c1ccccc1. The highest BCUT2D eigenvalue weighted by Gasteiger charge is 2.32. The van der Waals surface area contributed by atoms with Crippen LogP contribution in [0.25, 0.3) is 0 Å². The maximum absolute atomic E-state index is 12.4. The zero-order chi connectivity index (χ0) is 10.1. The predicted molar refractivity (Wildman–Crippen MR) is 59.4 cm³/mol. The number of hydrogen-bond acceptors (Lipinski definition) is 1. The molecule has 2 heteroatoms. The standard InChI is InChI=1S/C11H17OP/c1-11(2,3)13(4,12)10-8-6-5-7-9-10/h5-9H,1-4H3/t13-/m1/s1. The van der Waals surface area contributed by atoms with Gasteiger partial charge in [0.1, 0.15) is 7.14 Å². The summed E-state index contributed by atoms with van der Waals surface area (Å²) in [4.78, 5) is 0. The van der Waals surface area contributed by atoms with Crippen LogP contribution in [0.15, 0.2) is 30.3 Å². The van der Waals surface area contributed by atoms with Gasteiger partial charge in [0.05, 0.1) is 0 Å². The van der Waals surface area contributed by atoms with Gasteiger partial charge in [-0.3, -0.25) is 0 Å². The van der Waals surface area contributed by atoms with Gasteiger partial charge in [0.15, 0.2) is 0 Å². The molecular formula is C11H17OP. The fourth-order valence-corrected chi connectivity index (χ4v) is 2.62. The topological polar surface area (TPSA) is 17.1 Å². The van der Waals surface area contributed by atoms with Gasteiger partial charge in [-0.05, 0) is 6.66 Å². The fourth-order valence-electron chi connectivity index (χ4n) is 1.10. The van der Waals surface area contributed by atoms with Crippen LogP contribution in [-0.4, -0.2) is 11.8 Å². The minimum Gasteiger partial charge on any atom is -0.318 e. The molecule has 1 rings (SSSR count). The molecule has 0 spiro atoms. The Morgan fingerprint density at radius 3 is 1.92 bits per heavy atom. The lowest BCUT2D eigenvalue weighted by Crippen LogP contribution is -2.22. The molecule has 0 saturated carbocycles. The largest absolute Gasteiger partial charge is 0.318 e. The molecule has 1 atom stereocenters. The summed E-state index contributed by atoms with van der Waals surface area (Å²) in [6.45, 7) is 7.95. The van der Waals surface area contributed by atoms with Crippen LogP contribution in [0.3, 0.4) is 0 Å². The highest BCUT2D eigenvalue weighted by atomic mass is 31.2. The lowest BCUT2D eigenvalue weighted by Gasteiger charge is -2.28. The van der Waals surface area contributed by atoms with Crippen molar-refractivity contribution in [1.82, 2.24) is 0 Å². The summed E-state index contributed by atoms with van der Waals surface area (Å²) in [5, 5.41) is 0.830. The second kappa shape index (κ2) is 3.31. The lowest BCUT2D eigenvalue weighted by molar-refractivity contribution is 0.561. The van der Waals surface area contributed by atoms with E-state index in [1.54, 1.807) is 0 Å². The summed E-state index contributed by atoms with van der Waals surface area (Å²) in [7, 11) is -2.23. The summed E-state index contributed by atoms with van der Waals surface area (Å²) in [6.07, 6.45) is 0. The highest BCUT2D eigenvalue weighted by molar-refractivity contribution is 7.72. The van der Waals surface area contributed by atoms with E-state index in [1.807, 2.05) is 57.8 Å². The van der Waals surface area contributed by atoms with Gasteiger partial charge < -0.3 is 4.57 Å². The van der Waals surface area contributed by atoms with Crippen molar-refractivity contribution in [3.8, 4) is 0 Å². The average Bonchev–Trinajstić information content (AvgIpc) is 2.04. The number of rotatable bonds is 1. The van der Waals surface area contributed by atoms with E-state index in [9.17, 15) is 4.57 Å². The fraction of sp³-hybridized carbons (Fsp3) is 0.455. The second-order valence-corrected chi connectivity index (χ2v) is 8.14. The Hall–Kier alpha value is -0.550. The third-order valence-corrected chi connectivity index (χ3v) is 6.37. The monoisotopic (exact) mass is 196 g/mol. The van der Waals surface area contributed by atoms with Crippen LogP contribution in [0.2, 0.25) is 0 Å². The minimum atomic E-state index is -2.23. The van der Waals surface area contributed by atoms with Crippen molar-refractivity contribution in [3.05, 3.63) is 30.3 Å².